The maximum absolute atomic E-state index is 9.53. The lowest BCUT2D eigenvalue weighted by Gasteiger charge is -2.31. The Kier molecular flexibility index (Phi) is 4.55. The van der Waals surface area contributed by atoms with Crippen LogP contribution in [0.25, 0.3) is 0 Å². The van der Waals surface area contributed by atoms with Crippen LogP contribution in [0.15, 0.2) is 12.1 Å². The molecule has 0 aliphatic carbocycles. The molecule has 5 heteroatoms. The van der Waals surface area contributed by atoms with Gasteiger partial charge in [-0.1, -0.05) is 25.4 Å². The van der Waals surface area contributed by atoms with Crippen LogP contribution in [0, 0.1) is 0 Å². The lowest BCUT2D eigenvalue weighted by molar-refractivity contribution is 0.149. The van der Waals surface area contributed by atoms with E-state index in [1.165, 1.54) is 0 Å². The number of rotatable bonds is 6. The third-order valence-electron chi connectivity index (χ3n) is 3.81. The van der Waals surface area contributed by atoms with Gasteiger partial charge < -0.3 is 19.9 Å². The fourth-order valence-electron chi connectivity index (χ4n) is 2.19. The minimum atomic E-state index is -0.233. The monoisotopic (exact) mass is 285 g/mol. The van der Waals surface area contributed by atoms with Crippen molar-refractivity contribution in [2.45, 2.75) is 38.8 Å². The summed E-state index contributed by atoms with van der Waals surface area (Å²) in [6.45, 7) is 5.12. The van der Waals surface area contributed by atoms with Gasteiger partial charge >= 0.3 is 0 Å². The first-order valence-corrected chi connectivity index (χ1v) is 6.96. The first-order valence-electron chi connectivity index (χ1n) is 6.58. The zero-order valence-electron chi connectivity index (χ0n) is 11.3. The van der Waals surface area contributed by atoms with Crippen LogP contribution in [-0.2, 0) is 6.54 Å². The number of benzene rings is 1. The van der Waals surface area contributed by atoms with E-state index in [0.29, 0.717) is 23.1 Å². The van der Waals surface area contributed by atoms with Crippen LogP contribution in [0.1, 0.15) is 32.3 Å². The minimum absolute atomic E-state index is 0.123. The average Bonchev–Trinajstić information content (AvgIpc) is 2.90. The summed E-state index contributed by atoms with van der Waals surface area (Å²) in [7, 11) is 0. The smallest absolute Gasteiger partial charge is 0.231 e. The van der Waals surface area contributed by atoms with E-state index in [9.17, 15) is 5.11 Å². The Bertz CT molecular complexity index is 438. The summed E-state index contributed by atoms with van der Waals surface area (Å²) in [6, 6.07) is 3.80. The van der Waals surface area contributed by atoms with Gasteiger partial charge in [0.25, 0.3) is 0 Å². The molecule has 0 fully saturated rings. The maximum Gasteiger partial charge on any atom is 0.231 e. The molecular formula is C14H20ClNO3. The van der Waals surface area contributed by atoms with Gasteiger partial charge in [0.2, 0.25) is 6.79 Å². The third kappa shape index (κ3) is 2.96. The predicted molar refractivity (Wildman–Crippen MR) is 74.8 cm³/mol. The molecule has 1 aromatic rings. The topological polar surface area (TPSA) is 50.7 Å². The number of aliphatic hydroxyl groups is 1. The highest BCUT2D eigenvalue weighted by Crippen LogP contribution is 2.39. The summed E-state index contributed by atoms with van der Waals surface area (Å²) in [5, 5.41) is 13.5. The molecule has 1 aromatic carbocycles. The van der Waals surface area contributed by atoms with Crippen molar-refractivity contribution in [1.82, 2.24) is 5.32 Å². The molecule has 2 rings (SSSR count). The Morgan fingerprint density at radius 2 is 2.05 bits per heavy atom. The highest BCUT2D eigenvalue weighted by Gasteiger charge is 2.25. The quantitative estimate of drug-likeness (QED) is 0.844. The van der Waals surface area contributed by atoms with Gasteiger partial charge in [-0.2, -0.15) is 0 Å². The molecule has 2 N–H and O–H groups in total. The Labute approximate surface area is 118 Å². The molecule has 106 valence electrons. The van der Waals surface area contributed by atoms with Gasteiger partial charge in [-0.05, 0) is 30.5 Å². The van der Waals surface area contributed by atoms with Crippen LogP contribution in [0.4, 0.5) is 0 Å². The van der Waals surface area contributed by atoms with E-state index in [2.05, 4.69) is 19.2 Å². The normalized spacial score (nSPS) is 13.9. The average molecular weight is 286 g/mol. The van der Waals surface area contributed by atoms with Crippen molar-refractivity contribution in [1.29, 1.82) is 0 Å². The van der Waals surface area contributed by atoms with Crippen molar-refractivity contribution in [3.05, 3.63) is 22.7 Å². The number of halogens is 1. The lowest BCUT2D eigenvalue weighted by atomic mass is 9.93. The molecule has 0 aromatic heterocycles. The molecule has 0 radical (unpaired) electrons. The Balaban J connectivity index is 2.10. The van der Waals surface area contributed by atoms with Crippen LogP contribution in [0.3, 0.4) is 0 Å². The summed E-state index contributed by atoms with van der Waals surface area (Å²) >= 11 is 6.14. The van der Waals surface area contributed by atoms with E-state index in [-0.39, 0.29) is 18.9 Å². The molecule has 19 heavy (non-hydrogen) atoms. The maximum atomic E-state index is 9.53. The molecular weight excluding hydrogens is 266 g/mol. The number of ether oxygens (including phenoxy) is 2. The molecule has 0 saturated carbocycles. The number of nitrogens with one attached hydrogen (secondary N) is 1. The summed E-state index contributed by atoms with van der Waals surface area (Å²) in [6.07, 6.45) is 1.75. The van der Waals surface area contributed by atoms with Gasteiger partial charge in [-0.25, -0.2) is 0 Å². The fraction of sp³-hybridized carbons (Fsp3) is 0.571. The minimum Gasteiger partial charge on any atom is -0.454 e. The Hall–Kier alpha value is -0.970. The largest absolute Gasteiger partial charge is 0.454 e. The van der Waals surface area contributed by atoms with E-state index >= 15 is 0 Å². The SMILES string of the molecule is CCC(CC)(CO)NCc1cc(Cl)c2c(c1)OCO2. The summed E-state index contributed by atoms with van der Waals surface area (Å²) in [4.78, 5) is 0. The predicted octanol–water partition coefficient (Wildman–Crippen LogP) is 2.71. The van der Waals surface area contributed by atoms with Gasteiger partial charge in [0, 0.05) is 12.1 Å². The zero-order valence-corrected chi connectivity index (χ0v) is 12.1. The molecule has 0 spiro atoms. The van der Waals surface area contributed by atoms with Gasteiger partial charge in [0.1, 0.15) is 0 Å². The van der Waals surface area contributed by atoms with E-state index in [4.69, 9.17) is 21.1 Å². The molecule has 0 bridgehead atoms. The van der Waals surface area contributed by atoms with Gasteiger partial charge in [0.05, 0.1) is 11.6 Å². The molecule has 0 atom stereocenters. The van der Waals surface area contributed by atoms with Crippen molar-refractivity contribution in [3.63, 3.8) is 0 Å². The van der Waals surface area contributed by atoms with Gasteiger partial charge in [-0.3, -0.25) is 0 Å². The van der Waals surface area contributed by atoms with Crippen LogP contribution < -0.4 is 14.8 Å². The summed E-state index contributed by atoms with van der Waals surface area (Å²) in [5.41, 5.74) is 0.789. The second-order valence-electron chi connectivity index (χ2n) is 4.81. The number of aliphatic hydroxyl groups excluding tert-OH is 1. The van der Waals surface area contributed by atoms with Crippen LogP contribution >= 0.6 is 11.6 Å². The van der Waals surface area contributed by atoms with Crippen molar-refractivity contribution in [2.24, 2.45) is 0 Å². The second-order valence-corrected chi connectivity index (χ2v) is 5.22. The molecule has 1 aliphatic heterocycles. The van der Waals surface area contributed by atoms with Gasteiger partial charge in [-0.15, -0.1) is 0 Å². The molecule has 1 aliphatic rings. The third-order valence-corrected chi connectivity index (χ3v) is 4.09. The molecule has 4 nitrogen and oxygen atoms in total. The standard InChI is InChI=1S/C14H20ClNO3/c1-3-14(4-2,8-17)16-7-10-5-11(15)13-12(6-10)18-9-19-13/h5-6,16-17H,3-4,7-9H2,1-2H3. The summed E-state index contributed by atoms with van der Waals surface area (Å²) < 4.78 is 10.6. The van der Waals surface area contributed by atoms with Crippen LogP contribution in [0.5, 0.6) is 11.5 Å². The number of hydrogen-bond acceptors (Lipinski definition) is 4. The first kappa shape index (κ1) is 14.4. The number of hydrogen-bond donors (Lipinski definition) is 2. The summed E-state index contributed by atoms with van der Waals surface area (Å²) in [5.74, 6) is 1.30. The molecule has 0 saturated heterocycles. The lowest BCUT2D eigenvalue weighted by Crippen LogP contribution is -2.47. The van der Waals surface area contributed by atoms with Crippen LogP contribution in [0.2, 0.25) is 5.02 Å². The van der Waals surface area contributed by atoms with E-state index in [0.717, 1.165) is 18.4 Å². The van der Waals surface area contributed by atoms with E-state index < -0.39 is 0 Å². The zero-order chi connectivity index (χ0) is 13.9. The van der Waals surface area contributed by atoms with Crippen molar-refractivity contribution in [3.8, 4) is 11.5 Å². The Morgan fingerprint density at radius 3 is 2.68 bits per heavy atom. The van der Waals surface area contributed by atoms with Crippen molar-refractivity contribution < 1.29 is 14.6 Å². The molecule has 0 unspecified atom stereocenters. The molecule has 1 heterocycles. The van der Waals surface area contributed by atoms with Crippen molar-refractivity contribution in [2.75, 3.05) is 13.4 Å². The highest BCUT2D eigenvalue weighted by molar-refractivity contribution is 6.32. The fourth-order valence-corrected chi connectivity index (χ4v) is 2.48. The van der Waals surface area contributed by atoms with Crippen LogP contribution in [-0.4, -0.2) is 24.0 Å². The van der Waals surface area contributed by atoms with Crippen molar-refractivity contribution >= 4 is 11.6 Å². The molecule has 0 amide bonds. The van der Waals surface area contributed by atoms with E-state index in [1.54, 1.807) is 0 Å². The van der Waals surface area contributed by atoms with Gasteiger partial charge in [0.15, 0.2) is 11.5 Å². The first-order chi connectivity index (χ1) is 9.14. The Morgan fingerprint density at radius 1 is 1.32 bits per heavy atom. The van der Waals surface area contributed by atoms with E-state index in [1.807, 2.05) is 12.1 Å². The highest BCUT2D eigenvalue weighted by atomic mass is 35.5. The number of fused-ring (bicyclic) bond motifs is 1. The second kappa shape index (κ2) is 5.99.